The summed E-state index contributed by atoms with van der Waals surface area (Å²) < 4.78 is 29.8. The van der Waals surface area contributed by atoms with Gasteiger partial charge in [-0.15, -0.1) is 0 Å². The summed E-state index contributed by atoms with van der Waals surface area (Å²) in [6, 6.07) is 30.1. The lowest BCUT2D eigenvalue weighted by atomic mass is 10.1. The highest BCUT2D eigenvalue weighted by Crippen LogP contribution is 2.35. The number of methoxy groups -OCH3 is 2. The van der Waals surface area contributed by atoms with Crippen LogP contribution in [0.3, 0.4) is 0 Å². The Bertz CT molecular complexity index is 1710. The van der Waals surface area contributed by atoms with E-state index < -0.39 is 11.9 Å². The number of ether oxygens (including phenoxy) is 5. The summed E-state index contributed by atoms with van der Waals surface area (Å²) in [5, 5.41) is 0.576. The molecule has 5 rings (SSSR count). The molecule has 5 aromatic rings. The van der Waals surface area contributed by atoms with Crippen molar-refractivity contribution >= 4 is 22.8 Å². The van der Waals surface area contributed by atoms with Gasteiger partial charge in [0, 0.05) is 16.8 Å². The molecule has 0 aliphatic rings. The molecule has 0 spiro atoms. The molecule has 0 fully saturated rings. The molecule has 0 aliphatic heterocycles. The van der Waals surface area contributed by atoms with Crippen LogP contribution in [0.5, 0.6) is 23.0 Å². The molecule has 0 aliphatic carbocycles. The minimum Gasteiger partial charge on any atom is -0.491 e. The number of aromatic nitrogens is 1. The Kier molecular flexibility index (Phi) is 8.96. The molecule has 220 valence electrons. The zero-order chi connectivity index (χ0) is 30.3. The van der Waals surface area contributed by atoms with Crippen molar-refractivity contribution in [1.29, 1.82) is 0 Å². The Morgan fingerprint density at radius 3 is 2.05 bits per heavy atom. The fourth-order valence-electron chi connectivity index (χ4n) is 4.81. The Balaban J connectivity index is 1.53. The molecular formula is C35H33NO7. The van der Waals surface area contributed by atoms with E-state index in [1.165, 1.54) is 14.2 Å². The normalized spacial score (nSPS) is 10.9. The van der Waals surface area contributed by atoms with Crippen LogP contribution >= 0.6 is 0 Å². The minimum absolute atomic E-state index is 0.0622. The number of hydrogen-bond donors (Lipinski definition) is 0. The number of fused-ring (bicyclic) bond motifs is 1. The predicted molar refractivity (Wildman–Crippen MR) is 163 cm³/mol. The van der Waals surface area contributed by atoms with Crippen LogP contribution in [-0.4, -0.2) is 36.8 Å². The number of hydrogen-bond acceptors (Lipinski definition) is 7. The summed E-state index contributed by atoms with van der Waals surface area (Å²) >= 11 is 0. The van der Waals surface area contributed by atoms with E-state index in [-0.39, 0.29) is 18.1 Å². The third-order valence-electron chi connectivity index (χ3n) is 6.74. The lowest BCUT2D eigenvalue weighted by Crippen LogP contribution is -2.14. The molecular weight excluding hydrogens is 546 g/mol. The second-order valence-electron chi connectivity index (χ2n) is 10.1. The third kappa shape index (κ3) is 6.81. The number of esters is 2. The van der Waals surface area contributed by atoms with E-state index in [0.29, 0.717) is 40.5 Å². The van der Waals surface area contributed by atoms with Crippen molar-refractivity contribution in [2.75, 3.05) is 14.2 Å². The summed E-state index contributed by atoms with van der Waals surface area (Å²) in [7, 11) is 2.63. The maximum atomic E-state index is 13.2. The minimum atomic E-state index is -0.571. The van der Waals surface area contributed by atoms with Crippen LogP contribution in [0.4, 0.5) is 0 Å². The number of carbonyl (C=O) groups excluding carboxylic acids is 2. The molecule has 43 heavy (non-hydrogen) atoms. The van der Waals surface area contributed by atoms with Gasteiger partial charge in [-0.2, -0.15) is 0 Å². The van der Waals surface area contributed by atoms with E-state index in [2.05, 4.69) is 0 Å². The highest BCUT2D eigenvalue weighted by molar-refractivity contribution is 6.07. The van der Waals surface area contributed by atoms with Gasteiger partial charge in [0.05, 0.1) is 37.8 Å². The van der Waals surface area contributed by atoms with Crippen molar-refractivity contribution in [1.82, 2.24) is 4.57 Å². The average molecular weight is 580 g/mol. The maximum absolute atomic E-state index is 13.2. The Hall–Kier alpha value is -5.24. The van der Waals surface area contributed by atoms with Crippen LogP contribution < -0.4 is 14.2 Å². The van der Waals surface area contributed by atoms with Gasteiger partial charge in [0.1, 0.15) is 29.6 Å². The molecule has 0 bridgehead atoms. The van der Waals surface area contributed by atoms with Gasteiger partial charge in [-0.1, -0.05) is 30.3 Å². The lowest BCUT2D eigenvalue weighted by Gasteiger charge is -2.13. The molecule has 1 heterocycles. The van der Waals surface area contributed by atoms with Crippen molar-refractivity contribution < 1.29 is 33.3 Å². The molecule has 0 saturated heterocycles. The number of nitrogens with zero attached hydrogens (tertiary/aromatic N) is 1. The van der Waals surface area contributed by atoms with Gasteiger partial charge in [0.2, 0.25) is 0 Å². The second kappa shape index (κ2) is 13.2. The molecule has 8 nitrogen and oxygen atoms in total. The van der Waals surface area contributed by atoms with Gasteiger partial charge in [-0.05, 0) is 86.1 Å². The molecule has 1 aromatic heterocycles. The van der Waals surface area contributed by atoms with Crippen LogP contribution in [0, 0.1) is 0 Å². The highest BCUT2D eigenvalue weighted by atomic mass is 16.5. The Morgan fingerprint density at radius 1 is 0.744 bits per heavy atom. The predicted octanol–water partition coefficient (Wildman–Crippen LogP) is 7.29. The van der Waals surface area contributed by atoms with Gasteiger partial charge in [0.25, 0.3) is 0 Å². The first-order chi connectivity index (χ1) is 20.9. The Morgan fingerprint density at radius 2 is 1.40 bits per heavy atom. The molecule has 4 aromatic carbocycles. The van der Waals surface area contributed by atoms with Gasteiger partial charge in [0.15, 0.2) is 0 Å². The third-order valence-corrected chi connectivity index (χ3v) is 6.74. The summed E-state index contributed by atoms with van der Waals surface area (Å²) in [6.07, 6.45) is -0.0813. The SMILES string of the molecule is COC(=O)Cc1c(C(=O)OC)c2cc(Oc3ccc(OC(C)C)cc3)ccc2n1-c1ccc(OCc2ccccc2)cc1. The van der Waals surface area contributed by atoms with Gasteiger partial charge in [-0.3, -0.25) is 4.79 Å². The summed E-state index contributed by atoms with van der Waals surface area (Å²) in [6.45, 7) is 4.36. The molecule has 0 amide bonds. The van der Waals surface area contributed by atoms with E-state index in [1.807, 2.05) is 109 Å². The Labute approximate surface area is 250 Å². The number of rotatable bonds is 11. The van der Waals surface area contributed by atoms with Crippen molar-refractivity contribution in [2.24, 2.45) is 0 Å². The fraction of sp³-hybridized carbons (Fsp3) is 0.200. The van der Waals surface area contributed by atoms with E-state index in [0.717, 1.165) is 17.0 Å². The van der Waals surface area contributed by atoms with Gasteiger partial charge in [-0.25, -0.2) is 4.79 Å². The molecule has 0 N–H and O–H groups in total. The molecule has 0 saturated carbocycles. The summed E-state index contributed by atoms with van der Waals surface area (Å²) in [5.74, 6) is 1.49. The fourth-order valence-corrected chi connectivity index (χ4v) is 4.81. The molecule has 0 unspecified atom stereocenters. The number of carbonyl (C=O) groups is 2. The van der Waals surface area contributed by atoms with Crippen LogP contribution in [0.15, 0.2) is 97.1 Å². The van der Waals surface area contributed by atoms with Crippen molar-refractivity contribution in [3.05, 3.63) is 114 Å². The first-order valence-corrected chi connectivity index (χ1v) is 13.9. The van der Waals surface area contributed by atoms with E-state index in [4.69, 9.17) is 23.7 Å². The van der Waals surface area contributed by atoms with E-state index in [1.54, 1.807) is 6.07 Å². The van der Waals surface area contributed by atoms with Crippen LogP contribution in [-0.2, 0) is 27.3 Å². The highest BCUT2D eigenvalue weighted by Gasteiger charge is 2.26. The molecule has 0 atom stereocenters. The van der Waals surface area contributed by atoms with Crippen LogP contribution in [0.1, 0.15) is 35.5 Å². The van der Waals surface area contributed by atoms with E-state index >= 15 is 0 Å². The zero-order valence-corrected chi connectivity index (χ0v) is 24.5. The van der Waals surface area contributed by atoms with Crippen molar-refractivity contribution in [2.45, 2.75) is 33.0 Å². The quantitative estimate of drug-likeness (QED) is 0.152. The second-order valence-corrected chi connectivity index (χ2v) is 10.1. The lowest BCUT2D eigenvalue weighted by molar-refractivity contribution is -0.139. The van der Waals surface area contributed by atoms with Gasteiger partial charge < -0.3 is 28.3 Å². The van der Waals surface area contributed by atoms with Crippen LogP contribution in [0.25, 0.3) is 16.6 Å². The maximum Gasteiger partial charge on any atom is 0.340 e. The van der Waals surface area contributed by atoms with E-state index in [9.17, 15) is 9.59 Å². The molecule has 8 heteroatoms. The first-order valence-electron chi connectivity index (χ1n) is 13.9. The standard InChI is InChI=1S/C35H33NO7/c1-23(2)42-27-14-16-28(17-15-27)43-29-18-19-31-30(20-29)34(35(38)40-4)32(21-33(37)39-3)36(31)25-10-12-26(13-11-25)41-22-24-8-6-5-7-9-24/h5-20,23H,21-22H2,1-4H3. The van der Waals surface area contributed by atoms with Crippen molar-refractivity contribution in [3.63, 3.8) is 0 Å². The first kappa shape index (κ1) is 29.3. The zero-order valence-electron chi connectivity index (χ0n) is 24.5. The van der Waals surface area contributed by atoms with Crippen LogP contribution in [0.2, 0.25) is 0 Å². The molecule has 0 radical (unpaired) electrons. The topological polar surface area (TPSA) is 85.2 Å². The summed E-state index contributed by atoms with van der Waals surface area (Å²) in [4.78, 5) is 25.7. The van der Waals surface area contributed by atoms with Gasteiger partial charge >= 0.3 is 11.9 Å². The van der Waals surface area contributed by atoms with Crippen molar-refractivity contribution in [3.8, 4) is 28.7 Å². The smallest absolute Gasteiger partial charge is 0.340 e. The largest absolute Gasteiger partial charge is 0.491 e. The average Bonchev–Trinajstić information content (AvgIpc) is 3.33. The summed E-state index contributed by atoms with van der Waals surface area (Å²) in [5.41, 5.74) is 3.20. The number of benzene rings is 4. The monoisotopic (exact) mass is 579 g/mol.